The Morgan fingerprint density at radius 2 is 1.86 bits per heavy atom. The van der Waals surface area contributed by atoms with Crippen LogP contribution in [0.2, 0.25) is 0 Å². The number of nitrogens with one attached hydrogen (secondary N) is 2. The van der Waals surface area contributed by atoms with Crippen LogP contribution in [0.3, 0.4) is 0 Å². The summed E-state index contributed by atoms with van der Waals surface area (Å²) in [7, 11) is 0. The van der Waals surface area contributed by atoms with Crippen LogP contribution in [0, 0.1) is 18.3 Å². The molecule has 7 heteroatoms. The van der Waals surface area contributed by atoms with Crippen LogP contribution in [0.25, 0.3) is 11.3 Å². The third-order valence-corrected chi connectivity index (χ3v) is 5.02. The first-order valence-electron chi connectivity index (χ1n) is 8.62. The summed E-state index contributed by atoms with van der Waals surface area (Å²) in [6, 6.07) is 18.5. The van der Waals surface area contributed by atoms with Crippen LogP contribution in [0.5, 0.6) is 0 Å². The quantitative estimate of drug-likeness (QED) is 0.511. The van der Waals surface area contributed by atoms with Gasteiger partial charge in [0.2, 0.25) is 5.91 Å². The van der Waals surface area contributed by atoms with Gasteiger partial charge in [0, 0.05) is 11.3 Å². The van der Waals surface area contributed by atoms with E-state index in [0.29, 0.717) is 16.9 Å². The summed E-state index contributed by atoms with van der Waals surface area (Å²) in [6.07, 6.45) is 0. The van der Waals surface area contributed by atoms with E-state index >= 15 is 0 Å². The van der Waals surface area contributed by atoms with Gasteiger partial charge < -0.3 is 10.3 Å². The molecule has 6 nitrogen and oxygen atoms in total. The molecule has 0 aliphatic heterocycles. The number of aryl methyl sites for hydroxylation is 1. The highest BCUT2D eigenvalue weighted by atomic mass is 32.2. The standard InChI is InChI=1S/C21H18N4O2S/c1-13-8-10-15(11-9-13)18-17(12-22)20(27)25-21(24-18)28-14(2)19(26)23-16-6-4-3-5-7-16/h3-11,14H,1-2H3,(H,23,26)(H,24,25,27). The molecule has 3 rings (SSSR count). The lowest BCUT2D eigenvalue weighted by atomic mass is 10.1. The van der Waals surface area contributed by atoms with E-state index in [1.54, 1.807) is 19.1 Å². The van der Waals surface area contributed by atoms with Crippen molar-refractivity contribution in [3.8, 4) is 17.3 Å². The molecule has 0 saturated carbocycles. The molecule has 0 radical (unpaired) electrons. The summed E-state index contributed by atoms with van der Waals surface area (Å²) in [6.45, 7) is 3.68. The SMILES string of the molecule is Cc1ccc(-c2nc(SC(C)C(=O)Nc3ccccc3)[nH]c(=O)c2C#N)cc1. The normalized spacial score (nSPS) is 11.5. The summed E-state index contributed by atoms with van der Waals surface area (Å²) in [5, 5.41) is 12.0. The van der Waals surface area contributed by atoms with E-state index in [1.807, 2.05) is 55.5 Å². The molecule has 28 heavy (non-hydrogen) atoms. The van der Waals surface area contributed by atoms with Gasteiger partial charge in [-0.2, -0.15) is 5.26 Å². The number of nitrogens with zero attached hydrogens (tertiary/aromatic N) is 2. The van der Waals surface area contributed by atoms with Crippen molar-refractivity contribution in [1.82, 2.24) is 9.97 Å². The van der Waals surface area contributed by atoms with E-state index in [4.69, 9.17) is 0 Å². The molecule has 0 spiro atoms. The van der Waals surface area contributed by atoms with Gasteiger partial charge in [-0.15, -0.1) is 0 Å². The Balaban J connectivity index is 1.86. The van der Waals surface area contributed by atoms with Crippen molar-refractivity contribution in [2.24, 2.45) is 0 Å². The van der Waals surface area contributed by atoms with Gasteiger partial charge in [-0.05, 0) is 26.0 Å². The van der Waals surface area contributed by atoms with Crippen LogP contribution >= 0.6 is 11.8 Å². The van der Waals surface area contributed by atoms with Crippen LogP contribution in [-0.4, -0.2) is 21.1 Å². The van der Waals surface area contributed by atoms with Crippen molar-refractivity contribution in [3.63, 3.8) is 0 Å². The second-order valence-corrected chi connectivity index (χ2v) is 7.52. The van der Waals surface area contributed by atoms with Gasteiger partial charge in [-0.3, -0.25) is 9.59 Å². The summed E-state index contributed by atoms with van der Waals surface area (Å²) in [4.78, 5) is 31.8. The van der Waals surface area contributed by atoms with Crippen molar-refractivity contribution >= 4 is 23.4 Å². The number of rotatable bonds is 5. The molecule has 0 aliphatic carbocycles. The molecule has 1 atom stereocenters. The lowest BCUT2D eigenvalue weighted by Gasteiger charge is -2.12. The lowest BCUT2D eigenvalue weighted by Crippen LogP contribution is -2.23. The Morgan fingerprint density at radius 3 is 2.50 bits per heavy atom. The number of hydrogen-bond acceptors (Lipinski definition) is 5. The highest BCUT2D eigenvalue weighted by Crippen LogP contribution is 2.25. The minimum Gasteiger partial charge on any atom is -0.325 e. The van der Waals surface area contributed by atoms with Crippen LogP contribution in [-0.2, 0) is 4.79 Å². The fourth-order valence-electron chi connectivity index (χ4n) is 2.52. The second kappa shape index (κ2) is 8.55. The molecule has 2 N–H and O–H groups in total. The van der Waals surface area contributed by atoms with E-state index in [1.165, 1.54) is 0 Å². The van der Waals surface area contributed by atoms with Crippen molar-refractivity contribution in [1.29, 1.82) is 5.26 Å². The Morgan fingerprint density at radius 1 is 1.18 bits per heavy atom. The first-order chi connectivity index (χ1) is 13.5. The Kier molecular flexibility index (Phi) is 5.92. The molecule has 1 unspecified atom stereocenters. The molecule has 1 amide bonds. The number of thioether (sulfide) groups is 1. The van der Waals surface area contributed by atoms with Crippen LogP contribution in [0.15, 0.2) is 64.5 Å². The number of aromatic amines is 1. The molecule has 1 aromatic heterocycles. The number of benzene rings is 2. The van der Waals surface area contributed by atoms with Gasteiger partial charge in [-0.1, -0.05) is 59.8 Å². The van der Waals surface area contributed by atoms with E-state index in [-0.39, 0.29) is 16.6 Å². The molecule has 1 heterocycles. The maximum Gasteiger partial charge on any atom is 0.270 e. The van der Waals surface area contributed by atoms with Crippen molar-refractivity contribution in [2.75, 3.05) is 5.32 Å². The first kappa shape index (κ1) is 19.4. The molecule has 2 aromatic carbocycles. The van der Waals surface area contributed by atoms with Gasteiger partial charge in [0.05, 0.1) is 10.9 Å². The fraction of sp³-hybridized carbons (Fsp3) is 0.143. The highest BCUT2D eigenvalue weighted by molar-refractivity contribution is 8.00. The molecule has 0 bridgehead atoms. The maximum atomic E-state index is 12.4. The zero-order chi connectivity index (χ0) is 20.1. The van der Waals surface area contributed by atoms with E-state index in [9.17, 15) is 14.9 Å². The zero-order valence-corrected chi connectivity index (χ0v) is 16.2. The molecule has 0 fully saturated rings. The molecule has 0 aliphatic rings. The lowest BCUT2D eigenvalue weighted by molar-refractivity contribution is -0.115. The number of H-pyrrole nitrogens is 1. The number of aromatic nitrogens is 2. The minimum absolute atomic E-state index is 0.0467. The Labute approximate surface area is 166 Å². The van der Waals surface area contributed by atoms with E-state index in [0.717, 1.165) is 17.3 Å². The predicted octanol–water partition coefficient (Wildman–Crippen LogP) is 3.74. The zero-order valence-electron chi connectivity index (χ0n) is 15.4. The highest BCUT2D eigenvalue weighted by Gasteiger charge is 2.19. The molecular weight excluding hydrogens is 372 g/mol. The third kappa shape index (κ3) is 4.48. The average Bonchev–Trinajstić information content (AvgIpc) is 2.69. The first-order valence-corrected chi connectivity index (χ1v) is 9.50. The van der Waals surface area contributed by atoms with Crippen LogP contribution in [0.1, 0.15) is 18.1 Å². The molecule has 0 saturated heterocycles. The number of hydrogen-bond donors (Lipinski definition) is 2. The van der Waals surface area contributed by atoms with Gasteiger partial charge in [0.25, 0.3) is 5.56 Å². The monoisotopic (exact) mass is 390 g/mol. The molecule has 140 valence electrons. The van der Waals surface area contributed by atoms with Gasteiger partial charge in [-0.25, -0.2) is 4.98 Å². The van der Waals surface area contributed by atoms with E-state index in [2.05, 4.69) is 15.3 Å². The summed E-state index contributed by atoms with van der Waals surface area (Å²) >= 11 is 1.13. The predicted molar refractivity (Wildman–Crippen MR) is 110 cm³/mol. The molecular formula is C21H18N4O2S. The fourth-order valence-corrected chi connectivity index (χ4v) is 3.32. The topological polar surface area (TPSA) is 98.6 Å². The Bertz CT molecular complexity index is 1090. The number of amides is 1. The van der Waals surface area contributed by atoms with Crippen LogP contribution in [0.4, 0.5) is 5.69 Å². The van der Waals surface area contributed by atoms with Crippen molar-refractivity contribution < 1.29 is 4.79 Å². The number of carbonyl (C=O) groups is 1. The number of para-hydroxylation sites is 1. The van der Waals surface area contributed by atoms with Crippen LogP contribution < -0.4 is 10.9 Å². The second-order valence-electron chi connectivity index (χ2n) is 6.19. The van der Waals surface area contributed by atoms with Gasteiger partial charge in [0.15, 0.2) is 5.16 Å². The number of nitriles is 1. The average molecular weight is 390 g/mol. The number of carbonyl (C=O) groups excluding carboxylic acids is 1. The van der Waals surface area contributed by atoms with Crippen molar-refractivity contribution in [2.45, 2.75) is 24.3 Å². The smallest absolute Gasteiger partial charge is 0.270 e. The summed E-state index contributed by atoms with van der Waals surface area (Å²) in [5.74, 6) is -0.208. The molecule has 3 aromatic rings. The summed E-state index contributed by atoms with van der Waals surface area (Å²) < 4.78 is 0. The largest absolute Gasteiger partial charge is 0.325 e. The van der Waals surface area contributed by atoms with Gasteiger partial charge in [0.1, 0.15) is 11.6 Å². The third-order valence-electron chi connectivity index (χ3n) is 4.03. The maximum absolute atomic E-state index is 12.4. The Hall–Kier alpha value is -3.37. The van der Waals surface area contributed by atoms with Crippen molar-refractivity contribution in [3.05, 3.63) is 76.1 Å². The van der Waals surface area contributed by atoms with Gasteiger partial charge >= 0.3 is 0 Å². The van der Waals surface area contributed by atoms with E-state index < -0.39 is 10.8 Å². The minimum atomic E-state index is -0.522. The summed E-state index contributed by atoms with van der Waals surface area (Å²) in [5.41, 5.74) is 2.18. The number of anilines is 1.